The van der Waals surface area contributed by atoms with Crippen LogP contribution in [0.4, 0.5) is 0 Å². The number of hydrogen-bond donors (Lipinski definition) is 3. The zero-order chi connectivity index (χ0) is 16.5. The van der Waals surface area contributed by atoms with E-state index in [1.807, 2.05) is 6.92 Å². The van der Waals surface area contributed by atoms with Crippen LogP contribution < -0.4 is 11.1 Å². The van der Waals surface area contributed by atoms with E-state index in [-0.39, 0.29) is 23.8 Å². The smallest absolute Gasteiger partial charge is 0.305 e. The molecule has 0 fully saturated rings. The molecule has 0 saturated carbocycles. The summed E-state index contributed by atoms with van der Waals surface area (Å²) in [5.41, 5.74) is 5.77. The van der Waals surface area contributed by atoms with Gasteiger partial charge in [0.15, 0.2) is 0 Å². The Morgan fingerprint density at radius 1 is 1.19 bits per heavy atom. The first-order valence-electron chi connectivity index (χ1n) is 7.91. The summed E-state index contributed by atoms with van der Waals surface area (Å²) in [5, 5.41) is 11.7. The SMILES string of the molecule is CCCC(CC(=O)O)NC(=O)CCC(CCN)C(C)(C)C. The predicted molar refractivity (Wildman–Crippen MR) is 84.9 cm³/mol. The third-order valence-electron chi connectivity index (χ3n) is 3.88. The first-order valence-corrected chi connectivity index (χ1v) is 7.91. The number of carboxylic acids is 1. The van der Waals surface area contributed by atoms with Crippen LogP contribution in [-0.2, 0) is 9.59 Å². The number of nitrogens with two attached hydrogens (primary N) is 1. The van der Waals surface area contributed by atoms with Crippen LogP contribution in [0.5, 0.6) is 0 Å². The minimum atomic E-state index is -0.871. The van der Waals surface area contributed by atoms with Crippen molar-refractivity contribution >= 4 is 11.9 Å². The Bertz CT molecular complexity index is 324. The lowest BCUT2D eigenvalue weighted by atomic mass is 9.76. The van der Waals surface area contributed by atoms with Gasteiger partial charge in [0.05, 0.1) is 6.42 Å². The number of carbonyl (C=O) groups is 2. The van der Waals surface area contributed by atoms with E-state index in [2.05, 4.69) is 26.1 Å². The Labute approximate surface area is 128 Å². The molecule has 2 atom stereocenters. The molecule has 0 aliphatic heterocycles. The topological polar surface area (TPSA) is 92.4 Å². The summed E-state index contributed by atoms with van der Waals surface area (Å²) in [6.07, 6.45) is 3.68. The number of amides is 1. The fourth-order valence-corrected chi connectivity index (χ4v) is 2.60. The van der Waals surface area contributed by atoms with E-state index in [9.17, 15) is 9.59 Å². The van der Waals surface area contributed by atoms with Gasteiger partial charge in [0.2, 0.25) is 5.91 Å². The van der Waals surface area contributed by atoms with E-state index in [4.69, 9.17) is 10.8 Å². The van der Waals surface area contributed by atoms with Crippen molar-refractivity contribution in [1.29, 1.82) is 0 Å². The summed E-state index contributed by atoms with van der Waals surface area (Å²) >= 11 is 0. The zero-order valence-electron chi connectivity index (χ0n) is 13.9. The number of rotatable bonds is 10. The van der Waals surface area contributed by atoms with E-state index < -0.39 is 5.97 Å². The molecule has 0 aromatic carbocycles. The first-order chi connectivity index (χ1) is 9.70. The van der Waals surface area contributed by atoms with Crippen LogP contribution >= 0.6 is 0 Å². The lowest BCUT2D eigenvalue weighted by molar-refractivity contribution is -0.137. The van der Waals surface area contributed by atoms with Crippen molar-refractivity contribution in [2.24, 2.45) is 17.1 Å². The lowest BCUT2D eigenvalue weighted by Crippen LogP contribution is -2.37. The quantitative estimate of drug-likeness (QED) is 0.578. The maximum absolute atomic E-state index is 12.0. The standard InChI is InChI=1S/C16H32N2O3/c1-5-6-13(11-15(20)21)18-14(19)8-7-12(9-10-17)16(2,3)4/h12-13H,5-11,17H2,1-4H3,(H,18,19)(H,20,21). The molecule has 0 spiro atoms. The molecule has 1 amide bonds. The summed E-state index contributed by atoms with van der Waals surface area (Å²) in [6, 6.07) is -0.261. The second-order valence-corrected chi connectivity index (χ2v) is 6.83. The van der Waals surface area contributed by atoms with Gasteiger partial charge in [-0.25, -0.2) is 0 Å². The molecule has 0 radical (unpaired) electrons. The molecule has 0 aliphatic rings. The summed E-state index contributed by atoms with van der Waals surface area (Å²) in [7, 11) is 0. The van der Waals surface area contributed by atoms with Crippen LogP contribution in [0.2, 0.25) is 0 Å². The van der Waals surface area contributed by atoms with Gasteiger partial charge in [-0.05, 0) is 37.1 Å². The Morgan fingerprint density at radius 2 is 1.81 bits per heavy atom. The Balaban J connectivity index is 4.35. The average Bonchev–Trinajstić information content (AvgIpc) is 2.32. The van der Waals surface area contributed by atoms with Crippen LogP contribution in [0.1, 0.15) is 66.2 Å². The fraction of sp³-hybridized carbons (Fsp3) is 0.875. The van der Waals surface area contributed by atoms with Crippen LogP contribution in [-0.4, -0.2) is 29.6 Å². The number of hydrogen-bond acceptors (Lipinski definition) is 3. The van der Waals surface area contributed by atoms with E-state index >= 15 is 0 Å². The van der Waals surface area contributed by atoms with Crippen LogP contribution in [0.25, 0.3) is 0 Å². The molecular formula is C16H32N2O3. The number of aliphatic carboxylic acids is 1. The highest BCUT2D eigenvalue weighted by Crippen LogP contribution is 2.32. The largest absolute Gasteiger partial charge is 0.481 e. The minimum absolute atomic E-state index is 0.00885. The Morgan fingerprint density at radius 3 is 2.24 bits per heavy atom. The highest BCUT2D eigenvalue weighted by Gasteiger charge is 2.25. The molecule has 0 rings (SSSR count). The van der Waals surface area contributed by atoms with Gasteiger partial charge in [-0.15, -0.1) is 0 Å². The average molecular weight is 300 g/mol. The van der Waals surface area contributed by atoms with E-state index in [0.717, 1.165) is 19.3 Å². The van der Waals surface area contributed by atoms with Crippen molar-refractivity contribution in [1.82, 2.24) is 5.32 Å². The van der Waals surface area contributed by atoms with Crippen LogP contribution in [0, 0.1) is 11.3 Å². The van der Waals surface area contributed by atoms with Crippen molar-refractivity contribution in [3.8, 4) is 0 Å². The van der Waals surface area contributed by atoms with Gasteiger partial charge in [0.25, 0.3) is 0 Å². The molecule has 5 heteroatoms. The van der Waals surface area contributed by atoms with Gasteiger partial charge in [0.1, 0.15) is 0 Å². The van der Waals surface area contributed by atoms with E-state index in [1.54, 1.807) is 0 Å². The molecule has 0 aromatic rings. The zero-order valence-corrected chi connectivity index (χ0v) is 13.9. The highest BCUT2D eigenvalue weighted by atomic mass is 16.4. The molecule has 0 aromatic heterocycles. The molecule has 0 aliphatic carbocycles. The van der Waals surface area contributed by atoms with Crippen molar-refractivity contribution in [3.05, 3.63) is 0 Å². The Kier molecular flexibility index (Phi) is 9.26. The van der Waals surface area contributed by atoms with Gasteiger partial charge in [-0.1, -0.05) is 34.1 Å². The van der Waals surface area contributed by atoms with Gasteiger partial charge >= 0.3 is 5.97 Å². The summed E-state index contributed by atoms with van der Waals surface area (Å²) in [4.78, 5) is 22.8. The number of carbonyl (C=O) groups excluding carboxylic acids is 1. The first kappa shape index (κ1) is 19.9. The number of carboxylic acid groups (broad SMARTS) is 1. The third-order valence-corrected chi connectivity index (χ3v) is 3.88. The van der Waals surface area contributed by atoms with E-state index in [0.29, 0.717) is 25.3 Å². The second-order valence-electron chi connectivity index (χ2n) is 6.83. The molecule has 4 N–H and O–H groups in total. The molecule has 5 nitrogen and oxygen atoms in total. The summed E-state index contributed by atoms with van der Waals surface area (Å²) < 4.78 is 0. The second kappa shape index (κ2) is 9.77. The highest BCUT2D eigenvalue weighted by molar-refractivity contribution is 5.77. The van der Waals surface area contributed by atoms with Crippen molar-refractivity contribution < 1.29 is 14.7 Å². The van der Waals surface area contributed by atoms with Crippen molar-refractivity contribution in [2.75, 3.05) is 6.54 Å². The predicted octanol–water partition coefficient (Wildman–Crippen LogP) is 2.54. The molecule has 2 unspecified atom stereocenters. The summed E-state index contributed by atoms with van der Waals surface area (Å²) in [6.45, 7) is 9.10. The number of nitrogens with one attached hydrogen (secondary N) is 1. The molecule has 0 saturated heterocycles. The van der Waals surface area contributed by atoms with Crippen LogP contribution in [0.3, 0.4) is 0 Å². The molecular weight excluding hydrogens is 268 g/mol. The third kappa shape index (κ3) is 9.45. The monoisotopic (exact) mass is 300 g/mol. The van der Waals surface area contributed by atoms with Gasteiger partial charge in [0, 0.05) is 12.5 Å². The molecule has 124 valence electrons. The normalized spacial score (nSPS) is 14.5. The van der Waals surface area contributed by atoms with Crippen LogP contribution in [0.15, 0.2) is 0 Å². The Hall–Kier alpha value is -1.10. The summed E-state index contributed by atoms with van der Waals surface area (Å²) in [5.74, 6) is -0.525. The van der Waals surface area contributed by atoms with Gasteiger partial charge < -0.3 is 16.2 Å². The van der Waals surface area contributed by atoms with Gasteiger partial charge in [-0.2, -0.15) is 0 Å². The van der Waals surface area contributed by atoms with Crippen molar-refractivity contribution in [3.63, 3.8) is 0 Å². The fourth-order valence-electron chi connectivity index (χ4n) is 2.60. The van der Waals surface area contributed by atoms with Crippen molar-refractivity contribution in [2.45, 2.75) is 72.3 Å². The van der Waals surface area contributed by atoms with Gasteiger partial charge in [-0.3, -0.25) is 9.59 Å². The molecule has 0 heterocycles. The lowest BCUT2D eigenvalue weighted by Gasteiger charge is -2.30. The minimum Gasteiger partial charge on any atom is -0.481 e. The molecule has 21 heavy (non-hydrogen) atoms. The van der Waals surface area contributed by atoms with E-state index in [1.165, 1.54) is 0 Å². The maximum atomic E-state index is 12.0. The molecule has 0 bridgehead atoms. The maximum Gasteiger partial charge on any atom is 0.305 e.